The van der Waals surface area contributed by atoms with Crippen molar-refractivity contribution in [2.75, 3.05) is 13.1 Å². The van der Waals surface area contributed by atoms with Crippen LogP contribution in [0.5, 0.6) is 11.6 Å². The van der Waals surface area contributed by atoms with Crippen molar-refractivity contribution in [3.8, 4) is 22.9 Å². The Balaban J connectivity index is 1.86. The third kappa shape index (κ3) is 4.44. The molecule has 3 aromatic rings. The Morgan fingerprint density at radius 1 is 1.00 bits per heavy atom. The summed E-state index contributed by atoms with van der Waals surface area (Å²) < 4.78 is 34.4. The van der Waals surface area contributed by atoms with E-state index in [0.717, 1.165) is 29.5 Å². The van der Waals surface area contributed by atoms with E-state index in [1.165, 1.54) is 10.5 Å². The highest BCUT2D eigenvalue weighted by Gasteiger charge is 2.31. The van der Waals surface area contributed by atoms with Gasteiger partial charge in [-0.25, -0.2) is 13.4 Å². The van der Waals surface area contributed by atoms with Crippen LogP contribution in [0.25, 0.3) is 11.3 Å². The monoisotopic (exact) mass is 457 g/mol. The van der Waals surface area contributed by atoms with E-state index in [1.807, 2.05) is 32.9 Å². The minimum atomic E-state index is -3.73. The molecule has 162 valence electrons. The van der Waals surface area contributed by atoms with Crippen molar-refractivity contribution in [3.63, 3.8) is 0 Å². The maximum atomic E-state index is 13.3. The van der Waals surface area contributed by atoms with Gasteiger partial charge < -0.3 is 4.74 Å². The number of aryl methyl sites for hydroxylation is 3. The molecule has 0 atom stereocenters. The average molecular weight is 458 g/mol. The fraction of sp³-hybridized carbons (Fsp3) is 0.304. The third-order valence-electron chi connectivity index (χ3n) is 5.31. The summed E-state index contributed by atoms with van der Waals surface area (Å²) in [7, 11) is -3.73. The second-order valence-corrected chi connectivity index (χ2v) is 10.2. The Morgan fingerprint density at radius 2 is 1.68 bits per heavy atom. The van der Waals surface area contributed by atoms with E-state index >= 15 is 0 Å². The number of rotatable bonds is 5. The van der Waals surface area contributed by atoms with Crippen LogP contribution < -0.4 is 4.74 Å². The van der Waals surface area contributed by atoms with E-state index in [0.29, 0.717) is 35.1 Å². The molecule has 0 aliphatic carbocycles. The first kappa shape index (κ1) is 21.7. The van der Waals surface area contributed by atoms with Crippen LogP contribution in [-0.2, 0) is 10.0 Å². The SMILES string of the molecule is Cc1cc(C)c(Oc2nc(-c3cncc(Cl)c3)ccc2S(=O)(=O)N2CCCC2)c(C)c1. The standard InChI is InChI=1S/C23H24ClN3O3S/c1-15-10-16(2)22(17(3)11-15)30-23-21(31(28,29)27-8-4-5-9-27)7-6-20(26-23)18-12-19(24)14-25-13-18/h6-7,10-14H,4-5,8-9H2,1-3H3. The van der Waals surface area contributed by atoms with Gasteiger partial charge in [-0.15, -0.1) is 0 Å². The number of benzene rings is 1. The fourth-order valence-electron chi connectivity index (χ4n) is 3.90. The molecule has 0 saturated carbocycles. The molecule has 2 aromatic heterocycles. The highest BCUT2D eigenvalue weighted by atomic mass is 35.5. The van der Waals surface area contributed by atoms with E-state index in [-0.39, 0.29) is 10.8 Å². The zero-order chi connectivity index (χ0) is 22.2. The quantitative estimate of drug-likeness (QED) is 0.519. The number of halogens is 1. The van der Waals surface area contributed by atoms with E-state index in [2.05, 4.69) is 9.97 Å². The molecular formula is C23H24ClN3O3S. The normalized spacial score (nSPS) is 14.7. The second kappa shape index (κ2) is 8.57. The van der Waals surface area contributed by atoms with Gasteiger partial charge in [-0.2, -0.15) is 4.31 Å². The van der Waals surface area contributed by atoms with Crippen molar-refractivity contribution in [1.29, 1.82) is 0 Å². The molecule has 4 rings (SSSR count). The van der Waals surface area contributed by atoms with Crippen LogP contribution in [0.3, 0.4) is 0 Å². The smallest absolute Gasteiger partial charge is 0.248 e. The van der Waals surface area contributed by atoms with Crippen LogP contribution >= 0.6 is 11.6 Å². The summed E-state index contributed by atoms with van der Waals surface area (Å²) >= 11 is 6.09. The summed E-state index contributed by atoms with van der Waals surface area (Å²) in [5.74, 6) is 0.664. The number of pyridine rings is 2. The predicted molar refractivity (Wildman–Crippen MR) is 121 cm³/mol. The van der Waals surface area contributed by atoms with Crippen molar-refractivity contribution in [2.24, 2.45) is 0 Å². The Kier molecular flexibility index (Phi) is 6.01. The van der Waals surface area contributed by atoms with Gasteiger partial charge in [0.25, 0.3) is 0 Å². The van der Waals surface area contributed by atoms with E-state index in [1.54, 1.807) is 24.4 Å². The van der Waals surface area contributed by atoms with Crippen molar-refractivity contribution < 1.29 is 13.2 Å². The summed E-state index contributed by atoms with van der Waals surface area (Å²) in [5, 5.41) is 0.473. The average Bonchev–Trinajstić information content (AvgIpc) is 3.26. The maximum Gasteiger partial charge on any atom is 0.248 e. The lowest BCUT2D eigenvalue weighted by Gasteiger charge is -2.19. The molecule has 0 bridgehead atoms. The van der Waals surface area contributed by atoms with Gasteiger partial charge in [0.1, 0.15) is 10.6 Å². The lowest BCUT2D eigenvalue weighted by atomic mass is 10.1. The number of hydrogen-bond donors (Lipinski definition) is 0. The van der Waals surface area contributed by atoms with Gasteiger partial charge in [-0.05, 0) is 62.9 Å². The van der Waals surface area contributed by atoms with Gasteiger partial charge in [0, 0.05) is 31.0 Å². The minimum absolute atomic E-state index is 0.0550. The molecule has 1 aliphatic rings. The highest BCUT2D eigenvalue weighted by molar-refractivity contribution is 7.89. The molecule has 0 unspecified atom stereocenters. The number of nitrogens with zero attached hydrogens (tertiary/aromatic N) is 3. The molecule has 1 aromatic carbocycles. The predicted octanol–water partition coefficient (Wildman–Crippen LogP) is 5.30. The first-order valence-corrected chi connectivity index (χ1v) is 12.0. The summed E-state index contributed by atoms with van der Waals surface area (Å²) in [6.45, 7) is 6.90. The summed E-state index contributed by atoms with van der Waals surface area (Å²) in [4.78, 5) is 8.76. The van der Waals surface area contributed by atoms with Gasteiger partial charge in [-0.1, -0.05) is 29.3 Å². The van der Waals surface area contributed by atoms with Crippen LogP contribution in [0.1, 0.15) is 29.5 Å². The molecule has 1 aliphatic heterocycles. The molecule has 1 saturated heterocycles. The van der Waals surface area contributed by atoms with Gasteiger partial charge in [0.2, 0.25) is 15.9 Å². The second-order valence-electron chi connectivity index (χ2n) is 7.83. The lowest BCUT2D eigenvalue weighted by molar-refractivity contribution is 0.431. The van der Waals surface area contributed by atoms with Gasteiger partial charge in [0.15, 0.2) is 0 Å². The van der Waals surface area contributed by atoms with Gasteiger partial charge >= 0.3 is 0 Å². The Labute approximate surface area is 187 Å². The Morgan fingerprint density at radius 3 is 2.32 bits per heavy atom. The maximum absolute atomic E-state index is 13.3. The number of aromatic nitrogens is 2. The molecule has 1 fully saturated rings. The van der Waals surface area contributed by atoms with Crippen LogP contribution in [0, 0.1) is 20.8 Å². The highest BCUT2D eigenvalue weighted by Crippen LogP contribution is 2.36. The Bertz CT molecular complexity index is 1220. The number of ether oxygens (including phenoxy) is 1. The fourth-order valence-corrected chi connectivity index (χ4v) is 5.64. The topological polar surface area (TPSA) is 72.4 Å². The number of sulfonamides is 1. The summed E-state index contributed by atoms with van der Waals surface area (Å²) in [6, 6.07) is 8.96. The molecule has 8 heteroatoms. The molecule has 3 heterocycles. The molecule has 6 nitrogen and oxygen atoms in total. The molecule has 31 heavy (non-hydrogen) atoms. The summed E-state index contributed by atoms with van der Waals surface area (Å²) in [5.41, 5.74) is 4.16. The van der Waals surface area contributed by atoms with Crippen LogP contribution in [0.4, 0.5) is 0 Å². The molecule has 0 radical (unpaired) electrons. The minimum Gasteiger partial charge on any atom is -0.437 e. The van der Waals surface area contributed by atoms with Crippen LogP contribution in [0.15, 0.2) is 47.6 Å². The first-order valence-electron chi connectivity index (χ1n) is 10.1. The Hall–Kier alpha value is -2.48. The third-order valence-corrected chi connectivity index (χ3v) is 7.43. The van der Waals surface area contributed by atoms with E-state index in [9.17, 15) is 8.42 Å². The summed E-state index contributed by atoms with van der Waals surface area (Å²) in [6.07, 6.45) is 4.87. The van der Waals surface area contributed by atoms with Crippen molar-refractivity contribution >= 4 is 21.6 Å². The largest absolute Gasteiger partial charge is 0.437 e. The lowest BCUT2D eigenvalue weighted by Crippen LogP contribution is -2.28. The first-order chi connectivity index (χ1) is 14.8. The molecular weight excluding hydrogens is 434 g/mol. The van der Waals surface area contributed by atoms with E-state index in [4.69, 9.17) is 16.3 Å². The van der Waals surface area contributed by atoms with Gasteiger partial charge in [-0.3, -0.25) is 4.98 Å². The zero-order valence-corrected chi connectivity index (χ0v) is 19.3. The zero-order valence-electron chi connectivity index (χ0n) is 17.7. The van der Waals surface area contributed by atoms with Crippen LogP contribution in [0.2, 0.25) is 5.02 Å². The van der Waals surface area contributed by atoms with E-state index < -0.39 is 10.0 Å². The van der Waals surface area contributed by atoms with Crippen molar-refractivity contribution in [2.45, 2.75) is 38.5 Å². The number of hydrogen-bond acceptors (Lipinski definition) is 5. The van der Waals surface area contributed by atoms with Crippen molar-refractivity contribution in [3.05, 3.63) is 64.4 Å². The molecule has 0 amide bonds. The molecule has 0 N–H and O–H groups in total. The van der Waals surface area contributed by atoms with Crippen LogP contribution in [-0.4, -0.2) is 35.8 Å². The van der Waals surface area contributed by atoms with Gasteiger partial charge in [0.05, 0.1) is 10.7 Å². The van der Waals surface area contributed by atoms with Crippen molar-refractivity contribution in [1.82, 2.24) is 14.3 Å². The molecule has 0 spiro atoms.